The second kappa shape index (κ2) is 6.57. The second-order valence-corrected chi connectivity index (χ2v) is 5.65. The van der Waals surface area contributed by atoms with Crippen LogP contribution in [0.3, 0.4) is 0 Å². The topological polar surface area (TPSA) is 29.5 Å². The minimum atomic E-state index is 0.0286. The predicted molar refractivity (Wildman–Crippen MR) is 82.5 cm³/mol. The molecule has 0 aliphatic carbocycles. The van der Waals surface area contributed by atoms with E-state index in [-0.39, 0.29) is 5.91 Å². The summed E-state index contributed by atoms with van der Waals surface area (Å²) in [5.41, 5.74) is 1.92. The Bertz CT molecular complexity index is 574. The standard InChI is InChI=1S/C16H19NO2S/c1-4-19-14-7-5-13(6-8-14)16(18)17(3)11-15-12(2)9-10-20-15/h5-10H,4,11H2,1-3H3. The third-order valence-corrected chi connectivity index (χ3v) is 4.12. The molecule has 0 fully saturated rings. The van der Waals surface area contributed by atoms with Gasteiger partial charge in [0.25, 0.3) is 5.91 Å². The van der Waals surface area contributed by atoms with Gasteiger partial charge >= 0.3 is 0 Å². The minimum absolute atomic E-state index is 0.0286. The number of aryl methyl sites for hydroxylation is 1. The summed E-state index contributed by atoms with van der Waals surface area (Å²) in [5.74, 6) is 0.821. The zero-order valence-corrected chi connectivity index (χ0v) is 12.9. The molecule has 1 heterocycles. The Kier molecular flexibility index (Phi) is 4.79. The maximum absolute atomic E-state index is 12.3. The van der Waals surface area contributed by atoms with E-state index in [9.17, 15) is 4.79 Å². The normalized spacial score (nSPS) is 10.3. The Morgan fingerprint density at radius 3 is 2.50 bits per heavy atom. The van der Waals surface area contributed by atoms with Crippen molar-refractivity contribution in [1.82, 2.24) is 4.90 Å². The van der Waals surface area contributed by atoms with Crippen LogP contribution in [0.1, 0.15) is 27.7 Å². The van der Waals surface area contributed by atoms with Gasteiger partial charge in [0.15, 0.2) is 0 Å². The molecule has 4 heteroatoms. The van der Waals surface area contributed by atoms with Crippen LogP contribution in [0.5, 0.6) is 5.75 Å². The highest BCUT2D eigenvalue weighted by molar-refractivity contribution is 7.10. The van der Waals surface area contributed by atoms with Crippen molar-refractivity contribution in [2.75, 3.05) is 13.7 Å². The van der Waals surface area contributed by atoms with E-state index in [0.29, 0.717) is 18.7 Å². The number of carbonyl (C=O) groups excluding carboxylic acids is 1. The van der Waals surface area contributed by atoms with Crippen molar-refractivity contribution in [3.8, 4) is 5.75 Å². The fourth-order valence-corrected chi connectivity index (χ4v) is 2.89. The summed E-state index contributed by atoms with van der Waals surface area (Å²) in [7, 11) is 1.83. The van der Waals surface area contributed by atoms with Crippen LogP contribution >= 0.6 is 11.3 Å². The number of benzene rings is 1. The van der Waals surface area contributed by atoms with E-state index in [2.05, 4.69) is 18.4 Å². The van der Waals surface area contributed by atoms with Crippen LogP contribution in [0.15, 0.2) is 35.7 Å². The predicted octanol–water partition coefficient (Wildman–Crippen LogP) is 3.73. The zero-order chi connectivity index (χ0) is 14.5. The Morgan fingerprint density at radius 2 is 1.95 bits per heavy atom. The molecule has 20 heavy (non-hydrogen) atoms. The molecule has 0 saturated carbocycles. The molecule has 1 amide bonds. The van der Waals surface area contributed by atoms with Crippen molar-refractivity contribution in [3.63, 3.8) is 0 Å². The lowest BCUT2D eigenvalue weighted by Gasteiger charge is -2.17. The smallest absolute Gasteiger partial charge is 0.253 e. The van der Waals surface area contributed by atoms with Gasteiger partial charge in [-0.05, 0) is 55.1 Å². The van der Waals surface area contributed by atoms with E-state index in [4.69, 9.17) is 4.74 Å². The van der Waals surface area contributed by atoms with Crippen molar-refractivity contribution in [2.45, 2.75) is 20.4 Å². The molecule has 2 aromatic rings. The molecular weight excluding hydrogens is 270 g/mol. The fraction of sp³-hybridized carbons (Fsp3) is 0.312. The summed E-state index contributed by atoms with van der Waals surface area (Å²) < 4.78 is 5.38. The van der Waals surface area contributed by atoms with Gasteiger partial charge in [-0.3, -0.25) is 4.79 Å². The first-order valence-electron chi connectivity index (χ1n) is 6.63. The highest BCUT2D eigenvalue weighted by Gasteiger charge is 2.13. The Balaban J connectivity index is 2.04. The third kappa shape index (κ3) is 3.39. The average Bonchev–Trinajstić information content (AvgIpc) is 2.85. The summed E-state index contributed by atoms with van der Waals surface area (Å²) in [4.78, 5) is 15.3. The van der Waals surface area contributed by atoms with Gasteiger partial charge in [-0.25, -0.2) is 0 Å². The van der Waals surface area contributed by atoms with Gasteiger partial charge in [0.2, 0.25) is 0 Å². The van der Waals surface area contributed by atoms with Crippen LogP contribution in [-0.4, -0.2) is 24.5 Å². The number of nitrogens with zero attached hydrogens (tertiary/aromatic N) is 1. The van der Waals surface area contributed by atoms with E-state index in [1.54, 1.807) is 16.2 Å². The van der Waals surface area contributed by atoms with Crippen molar-refractivity contribution < 1.29 is 9.53 Å². The maximum atomic E-state index is 12.3. The number of hydrogen-bond donors (Lipinski definition) is 0. The number of hydrogen-bond acceptors (Lipinski definition) is 3. The molecule has 0 aliphatic rings. The van der Waals surface area contributed by atoms with Crippen LogP contribution in [0.2, 0.25) is 0 Å². The lowest BCUT2D eigenvalue weighted by molar-refractivity contribution is 0.0786. The molecule has 0 aliphatic heterocycles. The van der Waals surface area contributed by atoms with Crippen molar-refractivity contribution >= 4 is 17.2 Å². The number of thiophene rings is 1. The quantitative estimate of drug-likeness (QED) is 0.839. The molecule has 106 valence electrons. The zero-order valence-electron chi connectivity index (χ0n) is 12.1. The van der Waals surface area contributed by atoms with E-state index in [0.717, 1.165) is 5.75 Å². The van der Waals surface area contributed by atoms with Crippen molar-refractivity contribution in [1.29, 1.82) is 0 Å². The maximum Gasteiger partial charge on any atom is 0.253 e. The van der Waals surface area contributed by atoms with Gasteiger partial charge in [-0.15, -0.1) is 11.3 Å². The van der Waals surface area contributed by atoms with Crippen molar-refractivity contribution in [3.05, 3.63) is 51.7 Å². The SMILES string of the molecule is CCOc1ccc(C(=O)N(C)Cc2sccc2C)cc1. The Morgan fingerprint density at radius 1 is 1.25 bits per heavy atom. The van der Waals surface area contributed by atoms with Crippen LogP contribution in [-0.2, 0) is 6.54 Å². The molecule has 2 rings (SSSR count). The van der Waals surface area contributed by atoms with Crippen LogP contribution in [0.25, 0.3) is 0 Å². The molecule has 0 radical (unpaired) electrons. The molecule has 0 bridgehead atoms. The number of rotatable bonds is 5. The summed E-state index contributed by atoms with van der Waals surface area (Å²) in [5, 5.41) is 2.06. The summed E-state index contributed by atoms with van der Waals surface area (Å²) in [6, 6.07) is 9.37. The van der Waals surface area contributed by atoms with Gasteiger partial charge in [0.1, 0.15) is 5.75 Å². The number of ether oxygens (including phenoxy) is 1. The Hall–Kier alpha value is -1.81. The van der Waals surface area contributed by atoms with Gasteiger partial charge in [-0.1, -0.05) is 0 Å². The fourth-order valence-electron chi connectivity index (χ4n) is 1.93. The summed E-state index contributed by atoms with van der Waals surface area (Å²) in [6.45, 7) is 5.29. The molecule has 0 atom stereocenters. The van der Waals surface area contributed by atoms with E-state index < -0.39 is 0 Å². The lowest BCUT2D eigenvalue weighted by atomic mass is 10.2. The molecule has 0 unspecified atom stereocenters. The summed E-state index contributed by atoms with van der Waals surface area (Å²) in [6.07, 6.45) is 0. The molecule has 3 nitrogen and oxygen atoms in total. The molecule has 0 spiro atoms. The third-order valence-electron chi connectivity index (χ3n) is 3.11. The van der Waals surface area contributed by atoms with Crippen LogP contribution in [0, 0.1) is 6.92 Å². The average molecular weight is 289 g/mol. The Labute approximate surface area is 123 Å². The highest BCUT2D eigenvalue weighted by Crippen LogP contribution is 2.19. The minimum Gasteiger partial charge on any atom is -0.494 e. The molecule has 1 aromatic carbocycles. The van der Waals surface area contributed by atoms with Gasteiger partial charge < -0.3 is 9.64 Å². The summed E-state index contributed by atoms with van der Waals surface area (Å²) >= 11 is 1.69. The first-order valence-corrected chi connectivity index (χ1v) is 7.51. The van der Waals surface area contributed by atoms with Gasteiger partial charge in [0, 0.05) is 17.5 Å². The first-order chi connectivity index (χ1) is 9.61. The lowest BCUT2D eigenvalue weighted by Crippen LogP contribution is -2.26. The number of amides is 1. The highest BCUT2D eigenvalue weighted by atomic mass is 32.1. The molecule has 1 aromatic heterocycles. The van der Waals surface area contributed by atoms with Crippen LogP contribution in [0.4, 0.5) is 0 Å². The molecule has 0 saturated heterocycles. The van der Waals surface area contributed by atoms with E-state index in [1.807, 2.05) is 38.2 Å². The van der Waals surface area contributed by atoms with Crippen LogP contribution < -0.4 is 4.74 Å². The monoisotopic (exact) mass is 289 g/mol. The van der Waals surface area contributed by atoms with Gasteiger partial charge in [0.05, 0.1) is 13.2 Å². The largest absolute Gasteiger partial charge is 0.494 e. The molecular formula is C16H19NO2S. The second-order valence-electron chi connectivity index (χ2n) is 4.65. The van der Waals surface area contributed by atoms with Gasteiger partial charge in [-0.2, -0.15) is 0 Å². The van der Waals surface area contributed by atoms with E-state index >= 15 is 0 Å². The number of carbonyl (C=O) groups is 1. The van der Waals surface area contributed by atoms with Crippen molar-refractivity contribution in [2.24, 2.45) is 0 Å². The molecule has 0 N–H and O–H groups in total. The van der Waals surface area contributed by atoms with E-state index in [1.165, 1.54) is 10.4 Å². The first kappa shape index (κ1) is 14.6.